The zero-order valence-electron chi connectivity index (χ0n) is 13.6. The van der Waals surface area contributed by atoms with E-state index in [1.807, 2.05) is 37.3 Å². The summed E-state index contributed by atoms with van der Waals surface area (Å²) >= 11 is 6.08. The summed E-state index contributed by atoms with van der Waals surface area (Å²) in [6.45, 7) is 2.17. The lowest BCUT2D eigenvalue weighted by Crippen LogP contribution is -2.35. The molecule has 0 unspecified atom stereocenters. The van der Waals surface area contributed by atoms with E-state index in [2.05, 4.69) is 15.3 Å². The molecule has 7 heteroatoms. The number of aromatic nitrogens is 3. The number of halogens is 1. The monoisotopic (exact) mass is 356 g/mol. The maximum atomic E-state index is 12.2. The zero-order chi connectivity index (χ0) is 17.8. The second kappa shape index (κ2) is 7.36. The fourth-order valence-corrected chi connectivity index (χ4v) is 2.58. The molecule has 2 heterocycles. The molecule has 25 heavy (non-hydrogen) atoms. The molecule has 0 spiro atoms. The quantitative estimate of drug-likeness (QED) is 0.736. The van der Waals surface area contributed by atoms with Crippen molar-refractivity contribution < 1.29 is 0 Å². The fourth-order valence-electron chi connectivity index (χ4n) is 2.40. The van der Waals surface area contributed by atoms with Crippen LogP contribution in [-0.4, -0.2) is 14.5 Å². The van der Waals surface area contributed by atoms with Crippen LogP contribution in [0, 0.1) is 6.92 Å². The molecule has 128 valence electrons. The lowest BCUT2D eigenvalue weighted by Gasteiger charge is -2.09. The van der Waals surface area contributed by atoms with Crippen LogP contribution in [0.15, 0.2) is 58.3 Å². The largest absolute Gasteiger partial charge is 0.341 e. The van der Waals surface area contributed by atoms with Crippen LogP contribution in [0.25, 0.3) is 0 Å². The van der Waals surface area contributed by atoms with Crippen LogP contribution >= 0.6 is 11.6 Å². The van der Waals surface area contributed by atoms with Crippen molar-refractivity contribution in [2.24, 2.45) is 0 Å². The van der Waals surface area contributed by atoms with Crippen molar-refractivity contribution in [3.05, 3.63) is 85.8 Å². The van der Waals surface area contributed by atoms with Gasteiger partial charge in [-0.1, -0.05) is 23.7 Å². The number of anilines is 2. The molecule has 2 N–H and O–H groups in total. The second-order valence-electron chi connectivity index (χ2n) is 5.64. The van der Waals surface area contributed by atoms with E-state index in [0.717, 1.165) is 15.8 Å². The van der Waals surface area contributed by atoms with E-state index in [1.165, 1.54) is 6.07 Å². The average molecular weight is 357 g/mol. The molecule has 3 aromatic rings. The van der Waals surface area contributed by atoms with Crippen molar-refractivity contribution in [1.82, 2.24) is 14.5 Å². The summed E-state index contributed by atoms with van der Waals surface area (Å²) in [6, 6.07) is 12.3. The number of H-pyrrole nitrogens is 1. The third-order valence-electron chi connectivity index (χ3n) is 3.79. The van der Waals surface area contributed by atoms with Gasteiger partial charge in [0.15, 0.2) is 0 Å². The maximum Gasteiger partial charge on any atom is 0.329 e. The van der Waals surface area contributed by atoms with Crippen LogP contribution in [0.3, 0.4) is 0 Å². The van der Waals surface area contributed by atoms with E-state index in [0.29, 0.717) is 22.9 Å². The number of benzene rings is 1. The van der Waals surface area contributed by atoms with Gasteiger partial charge in [-0.2, -0.15) is 0 Å². The van der Waals surface area contributed by atoms with Crippen molar-refractivity contribution >= 4 is 23.1 Å². The highest BCUT2D eigenvalue weighted by Gasteiger charge is 2.06. The Morgan fingerprint density at radius 3 is 2.72 bits per heavy atom. The normalized spacial score (nSPS) is 10.6. The summed E-state index contributed by atoms with van der Waals surface area (Å²) in [6.07, 6.45) is 2.19. The van der Waals surface area contributed by atoms with Gasteiger partial charge in [0.2, 0.25) is 0 Å². The van der Waals surface area contributed by atoms with Gasteiger partial charge in [0.1, 0.15) is 5.82 Å². The van der Waals surface area contributed by atoms with Crippen LogP contribution < -0.4 is 16.6 Å². The molecule has 0 aliphatic rings. The smallest absolute Gasteiger partial charge is 0.329 e. The lowest BCUT2D eigenvalue weighted by molar-refractivity contribution is 0.622. The van der Waals surface area contributed by atoms with E-state index < -0.39 is 5.69 Å². The molecule has 0 aliphatic carbocycles. The highest BCUT2D eigenvalue weighted by molar-refractivity contribution is 6.31. The molecule has 0 atom stereocenters. The van der Waals surface area contributed by atoms with Gasteiger partial charge in [-0.25, -0.2) is 4.79 Å². The van der Waals surface area contributed by atoms with Gasteiger partial charge in [-0.15, -0.1) is 0 Å². The topological polar surface area (TPSA) is 79.8 Å². The van der Waals surface area contributed by atoms with Gasteiger partial charge >= 0.3 is 5.69 Å². The number of nitrogens with one attached hydrogen (secondary N) is 2. The van der Waals surface area contributed by atoms with E-state index >= 15 is 0 Å². The summed E-state index contributed by atoms with van der Waals surface area (Å²) in [5.41, 5.74) is 1.62. The third kappa shape index (κ3) is 4.16. The molecule has 0 radical (unpaired) electrons. The Labute approximate surface area is 149 Å². The predicted molar refractivity (Wildman–Crippen MR) is 98.7 cm³/mol. The van der Waals surface area contributed by atoms with Gasteiger partial charge in [0.05, 0.1) is 0 Å². The molecule has 3 rings (SSSR count). The van der Waals surface area contributed by atoms with Crippen molar-refractivity contribution in [3.8, 4) is 0 Å². The lowest BCUT2D eigenvalue weighted by atomic mass is 10.2. The van der Waals surface area contributed by atoms with E-state index in [1.54, 1.807) is 12.3 Å². The Morgan fingerprint density at radius 1 is 1.20 bits per heavy atom. The average Bonchev–Trinajstić information content (AvgIpc) is 2.58. The molecule has 0 saturated heterocycles. The minimum Gasteiger partial charge on any atom is -0.341 e. The molecule has 0 aliphatic heterocycles. The SMILES string of the molecule is Cc1ccc(Nc2cc(=O)n(CCc3ccccn3)c(=O)[nH]2)cc1Cl. The molecule has 6 nitrogen and oxygen atoms in total. The summed E-state index contributed by atoms with van der Waals surface area (Å²) in [5, 5.41) is 3.60. The van der Waals surface area contributed by atoms with Gasteiger partial charge < -0.3 is 5.32 Å². The van der Waals surface area contributed by atoms with E-state index in [-0.39, 0.29) is 12.1 Å². The number of rotatable bonds is 5. The van der Waals surface area contributed by atoms with Crippen LogP contribution in [0.4, 0.5) is 11.5 Å². The Morgan fingerprint density at radius 2 is 2.04 bits per heavy atom. The molecule has 2 aromatic heterocycles. The molecule has 0 amide bonds. The third-order valence-corrected chi connectivity index (χ3v) is 4.20. The summed E-state index contributed by atoms with van der Waals surface area (Å²) in [7, 11) is 0. The Kier molecular flexibility index (Phi) is 5.00. The number of aromatic amines is 1. The number of hydrogen-bond donors (Lipinski definition) is 2. The van der Waals surface area contributed by atoms with Crippen molar-refractivity contribution in [1.29, 1.82) is 0 Å². The fraction of sp³-hybridized carbons (Fsp3) is 0.167. The standard InChI is InChI=1S/C18H17ClN4O2/c1-12-5-6-14(10-15(12)19)21-16-11-17(24)23(18(25)22-16)9-7-13-4-2-3-8-20-13/h2-6,8,10-11,21H,7,9H2,1H3,(H,22,25). The highest BCUT2D eigenvalue weighted by Crippen LogP contribution is 2.21. The van der Waals surface area contributed by atoms with Crippen molar-refractivity contribution in [3.63, 3.8) is 0 Å². The van der Waals surface area contributed by atoms with Crippen molar-refractivity contribution in [2.75, 3.05) is 5.32 Å². The van der Waals surface area contributed by atoms with E-state index in [4.69, 9.17) is 11.6 Å². The molecule has 1 aromatic carbocycles. The Bertz CT molecular complexity index is 965. The minimum atomic E-state index is -0.468. The maximum absolute atomic E-state index is 12.2. The van der Waals surface area contributed by atoms with Gasteiger partial charge in [-0.05, 0) is 36.8 Å². The molecular formula is C18H17ClN4O2. The van der Waals surface area contributed by atoms with Crippen LogP contribution in [0.5, 0.6) is 0 Å². The zero-order valence-corrected chi connectivity index (χ0v) is 14.4. The second-order valence-corrected chi connectivity index (χ2v) is 6.05. The first-order valence-corrected chi connectivity index (χ1v) is 8.18. The van der Waals surface area contributed by atoms with Crippen LogP contribution in [0.2, 0.25) is 5.02 Å². The molecular weight excluding hydrogens is 340 g/mol. The summed E-state index contributed by atoms with van der Waals surface area (Å²) in [4.78, 5) is 31.3. The van der Waals surface area contributed by atoms with Gasteiger partial charge in [0.25, 0.3) is 5.56 Å². The van der Waals surface area contributed by atoms with Gasteiger partial charge in [-0.3, -0.25) is 19.3 Å². The van der Waals surface area contributed by atoms with Crippen LogP contribution in [0.1, 0.15) is 11.3 Å². The highest BCUT2D eigenvalue weighted by atomic mass is 35.5. The first-order chi connectivity index (χ1) is 12.0. The number of hydrogen-bond acceptors (Lipinski definition) is 4. The first kappa shape index (κ1) is 17.0. The van der Waals surface area contributed by atoms with Gasteiger partial charge in [0, 0.05) is 41.6 Å². The number of nitrogens with zero attached hydrogens (tertiary/aromatic N) is 2. The van der Waals surface area contributed by atoms with Crippen LogP contribution in [-0.2, 0) is 13.0 Å². The Balaban J connectivity index is 1.79. The molecule has 0 bridgehead atoms. The molecule has 0 saturated carbocycles. The molecule has 0 fully saturated rings. The first-order valence-electron chi connectivity index (χ1n) is 7.80. The summed E-state index contributed by atoms with van der Waals surface area (Å²) in [5.74, 6) is 0.323. The number of aryl methyl sites for hydroxylation is 2. The number of pyridine rings is 1. The van der Waals surface area contributed by atoms with E-state index in [9.17, 15) is 9.59 Å². The Hall–Kier alpha value is -2.86. The predicted octanol–water partition coefficient (Wildman–Crippen LogP) is 2.88. The van der Waals surface area contributed by atoms with Crippen molar-refractivity contribution in [2.45, 2.75) is 19.9 Å². The summed E-state index contributed by atoms with van der Waals surface area (Å²) < 4.78 is 1.15. The minimum absolute atomic E-state index is 0.266.